The minimum absolute atomic E-state index is 0.863. The fourth-order valence-corrected chi connectivity index (χ4v) is 8.31. The summed E-state index contributed by atoms with van der Waals surface area (Å²) in [6.45, 7) is 7.97. The monoisotopic (exact) mass is 293 g/mol. The maximum Gasteiger partial charge on any atom is 0.501 e. The minimum Gasteiger partial charge on any atom is -0.377 e. The van der Waals surface area contributed by atoms with E-state index in [1.807, 2.05) is 0 Å². The second-order valence-electron chi connectivity index (χ2n) is 4.75. The molecule has 0 heterocycles. The van der Waals surface area contributed by atoms with Crippen molar-refractivity contribution in [1.82, 2.24) is 4.57 Å². The Morgan fingerprint density at radius 3 is 1.50 bits per heavy atom. The van der Waals surface area contributed by atoms with Crippen LogP contribution in [0.4, 0.5) is 0 Å². The van der Waals surface area contributed by atoms with Gasteiger partial charge in [0, 0.05) is 27.4 Å². The quantitative estimate of drug-likeness (QED) is 0.580. The zero-order valence-electron chi connectivity index (χ0n) is 13.2. The van der Waals surface area contributed by atoms with E-state index in [9.17, 15) is 0 Å². The van der Waals surface area contributed by atoms with Crippen molar-refractivity contribution in [2.24, 2.45) is 0 Å². The second-order valence-corrected chi connectivity index (χ2v) is 13.2. The van der Waals surface area contributed by atoms with Crippen molar-refractivity contribution in [3.63, 3.8) is 0 Å². The molecule has 0 aliphatic carbocycles. The van der Waals surface area contributed by atoms with Crippen molar-refractivity contribution < 1.29 is 13.3 Å². The van der Waals surface area contributed by atoms with Crippen LogP contribution in [0.1, 0.15) is 20.8 Å². The van der Waals surface area contributed by atoms with Crippen LogP contribution in [0, 0.1) is 0 Å². The Kier molecular flexibility index (Phi) is 8.57. The third-order valence-corrected chi connectivity index (χ3v) is 13.0. The fourth-order valence-electron chi connectivity index (χ4n) is 2.66. The predicted octanol–water partition coefficient (Wildman–Crippen LogP) is 2.80. The number of rotatable bonds is 10. The molecule has 0 spiro atoms. The molecule has 0 rings (SSSR count). The first-order chi connectivity index (χ1) is 8.49. The van der Waals surface area contributed by atoms with Crippen LogP contribution in [0.5, 0.6) is 0 Å². The maximum atomic E-state index is 5.48. The first-order valence-electron chi connectivity index (χ1n) is 6.86. The van der Waals surface area contributed by atoms with Crippen LogP contribution in [0.25, 0.3) is 0 Å². The topological polar surface area (TPSA) is 30.9 Å². The Hall–Kier alpha value is 0.274. The van der Waals surface area contributed by atoms with Gasteiger partial charge in [-0.2, -0.15) is 0 Å². The lowest BCUT2D eigenvalue weighted by Gasteiger charge is -2.39. The molecule has 0 fully saturated rings. The molecule has 0 aliphatic heterocycles. The molecule has 0 unspecified atom stereocenters. The molecular formula is C12H31NO3Si2. The Balaban J connectivity index is 4.60. The average molecular weight is 294 g/mol. The summed E-state index contributed by atoms with van der Waals surface area (Å²) in [7, 11) is 3.62. The summed E-state index contributed by atoms with van der Waals surface area (Å²) in [6.07, 6.45) is 0. The lowest BCUT2D eigenvalue weighted by atomic mass is 10.8. The zero-order chi connectivity index (χ0) is 14.2. The molecule has 0 saturated heterocycles. The first-order valence-corrected chi connectivity index (χ1v) is 11.4. The van der Waals surface area contributed by atoms with E-state index in [0.29, 0.717) is 0 Å². The Morgan fingerprint density at radius 2 is 1.22 bits per heavy atom. The van der Waals surface area contributed by atoms with E-state index in [4.69, 9.17) is 13.3 Å². The van der Waals surface area contributed by atoms with Crippen LogP contribution >= 0.6 is 0 Å². The van der Waals surface area contributed by atoms with E-state index < -0.39 is 17.0 Å². The first kappa shape index (κ1) is 18.3. The summed E-state index contributed by atoms with van der Waals surface area (Å²) >= 11 is 0. The molecule has 0 amide bonds. The smallest absolute Gasteiger partial charge is 0.377 e. The molecule has 0 aromatic rings. The third-order valence-electron chi connectivity index (χ3n) is 4.47. The van der Waals surface area contributed by atoms with Crippen molar-refractivity contribution in [1.29, 1.82) is 0 Å². The van der Waals surface area contributed by atoms with Gasteiger partial charge in [0.1, 0.15) is 8.24 Å². The largest absolute Gasteiger partial charge is 0.501 e. The van der Waals surface area contributed by atoms with Crippen molar-refractivity contribution in [2.45, 2.75) is 44.9 Å². The van der Waals surface area contributed by atoms with Gasteiger partial charge in [0.05, 0.1) is 0 Å². The lowest BCUT2D eigenvalue weighted by Crippen LogP contribution is -2.53. The highest BCUT2D eigenvalue weighted by Crippen LogP contribution is 2.25. The normalized spacial score (nSPS) is 13.3. The highest BCUT2D eigenvalue weighted by atomic mass is 28.4. The van der Waals surface area contributed by atoms with Gasteiger partial charge in [-0.05, 0) is 31.7 Å². The summed E-state index contributed by atoms with van der Waals surface area (Å²) in [5, 5.41) is 0. The summed E-state index contributed by atoms with van der Waals surface area (Å²) in [5.74, 6) is 0. The molecule has 0 aliphatic rings. The molecule has 0 radical (unpaired) electrons. The highest BCUT2D eigenvalue weighted by molar-refractivity contribution is 6.77. The molecule has 0 saturated carbocycles. The molecule has 0 aromatic carbocycles. The predicted molar refractivity (Wildman–Crippen MR) is 81.4 cm³/mol. The minimum atomic E-state index is -2.42. The van der Waals surface area contributed by atoms with Gasteiger partial charge in [0.2, 0.25) is 0 Å². The average Bonchev–Trinajstić information content (AvgIpc) is 2.43. The summed E-state index contributed by atoms with van der Waals surface area (Å²) in [4.78, 5) is 0. The van der Waals surface area contributed by atoms with Gasteiger partial charge in [-0.15, -0.1) is 0 Å². The van der Waals surface area contributed by atoms with Crippen LogP contribution in [-0.2, 0) is 13.3 Å². The molecule has 4 nitrogen and oxygen atoms in total. The van der Waals surface area contributed by atoms with Crippen molar-refractivity contribution >= 4 is 17.0 Å². The summed E-state index contributed by atoms with van der Waals surface area (Å²) in [6, 6.07) is 4.77. The van der Waals surface area contributed by atoms with Gasteiger partial charge < -0.3 is 17.8 Å². The van der Waals surface area contributed by atoms with Crippen LogP contribution in [0.3, 0.4) is 0 Å². The van der Waals surface area contributed by atoms with Crippen LogP contribution in [0.2, 0.25) is 24.2 Å². The summed E-state index contributed by atoms with van der Waals surface area (Å²) in [5.41, 5.74) is 0. The summed E-state index contributed by atoms with van der Waals surface area (Å²) < 4.78 is 19.0. The van der Waals surface area contributed by atoms with E-state index in [-0.39, 0.29) is 0 Å². The zero-order valence-corrected chi connectivity index (χ0v) is 15.2. The van der Waals surface area contributed by atoms with Gasteiger partial charge in [-0.25, -0.2) is 0 Å². The molecule has 0 atom stereocenters. The van der Waals surface area contributed by atoms with Crippen molar-refractivity contribution in [3.05, 3.63) is 0 Å². The maximum absolute atomic E-state index is 5.48. The van der Waals surface area contributed by atoms with Gasteiger partial charge in [-0.1, -0.05) is 20.8 Å². The van der Waals surface area contributed by atoms with E-state index in [0.717, 1.165) is 12.6 Å². The Morgan fingerprint density at radius 1 is 0.833 bits per heavy atom. The SMILES string of the molecule is CC[Si](CC)(CC)N(C)CC[Si](OC)(OC)OC. The van der Waals surface area contributed by atoms with Gasteiger partial charge in [0.25, 0.3) is 0 Å². The Bertz CT molecular complexity index is 205. The van der Waals surface area contributed by atoms with Gasteiger partial charge >= 0.3 is 8.80 Å². The number of hydrogen-bond acceptors (Lipinski definition) is 4. The third kappa shape index (κ3) is 4.14. The van der Waals surface area contributed by atoms with Crippen molar-refractivity contribution in [2.75, 3.05) is 34.9 Å². The van der Waals surface area contributed by atoms with Gasteiger partial charge in [0.15, 0.2) is 0 Å². The molecule has 0 bridgehead atoms. The Labute approximate surface area is 115 Å². The van der Waals surface area contributed by atoms with Crippen LogP contribution in [0.15, 0.2) is 0 Å². The van der Waals surface area contributed by atoms with Crippen LogP contribution in [-0.4, -0.2) is 56.5 Å². The molecule has 0 N–H and O–H groups in total. The van der Waals surface area contributed by atoms with E-state index in [1.54, 1.807) is 21.3 Å². The van der Waals surface area contributed by atoms with Crippen LogP contribution < -0.4 is 0 Å². The van der Waals surface area contributed by atoms with Gasteiger partial charge in [-0.3, -0.25) is 0 Å². The van der Waals surface area contributed by atoms with E-state index in [2.05, 4.69) is 32.4 Å². The molecule has 110 valence electrons. The molecule has 18 heavy (non-hydrogen) atoms. The van der Waals surface area contributed by atoms with Crippen molar-refractivity contribution in [3.8, 4) is 0 Å². The lowest BCUT2D eigenvalue weighted by molar-refractivity contribution is 0.122. The standard InChI is InChI=1S/C12H31NO3Si2/c1-8-17(9-2,10-3)13(4)11-12-18(14-5,15-6)16-7/h8-12H2,1-7H3. The molecule has 0 aromatic heterocycles. The molecular weight excluding hydrogens is 262 g/mol. The highest BCUT2D eigenvalue weighted by Gasteiger charge is 2.40. The van der Waals surface area contributed by atoms with E-state index >= 15 is 0 Å². The molecule has 6 heteroatoms. The van der Waals surface area contributed by atoms with E-state index in [1.165, 1.54) is 18.1 Å². The second kappa shape index (κ2) is 8.45. The number of hydrogen-bond donors (Lipinski definition) is 0. The number of nitrogens with zero attached hydrogens (tertiary/aromatic N) is 1. The fraction of sp³-hybridized carbons (Fsp3) is 1.00.